The van der Waals surface area contributed by atoms with Crippen molar-refractivity contribution >= 4 is 18.0 Å². The zero-order valence-electron chi connectivity index (χ0n) is 14.3. The lowest BCUT2D eigenvalue weighted by atomic mass is 10.2. The van der Waals surface area contributed by atoms with Gasteiger partial charge in [-0.3, -0.25) is 4.72 Å². The van der Waals surface area contributed by atoms with Crippen LogP contribution in [0.4, 0.5) is 4.79 Å². The fourth-order valence-corrected chi connectivity index (χ4v) is 3.15. The van der Waals surface area contributed by atoms with Crippen molar-refractivity contribution in [1.82, 2.24) is 4.72 Å². The summed E-state index contributed by atoms with van der Waals surface area (Å²) in [5, 5.41) is 0. The SMILES string of the molecule is CC(C)(C)OC(=O)NSC1(CCCOCc2ccccc2)CC1. The van der Waals surface area contributed by atoms with Crippen LogP contribution in [0, 0.1) is 0 Å². The fourth-order valence-electron chi connectivity index (χ4n) is 2.25. The summed E-state index contributed by atoms with van der Waals surface area (Å²) in [6, 6.07) is 10.2. The highest BCUT2D eigenvalue weighted by atomic mass is 32.2. The van der Waals surface area contributed by atoms with Gasteiger partial charge < -0.3 is 9.47 Å². The van der Waals surface area contributed by atoms with Crippen molar-refractivity contribution in [3.05, 3.63) is 35.9 Å². The molecule has 0 heterocycles. The zero-order chi connectivity index (χ0) is 16.8. The Morgan fingerprint density at radius 1 is 1.26 bits per heavy atom. The average molecular weight is 337 g/mol. The molecule has 0 spiro atoms. The fraction of sp³-hybridized carbons (Fsp3) is 0.611. The minimum absolute atomic E-state index is 0.188. The molecule has 1 fully saturated rings. The molecule has 1 amide bonds. The Morgan fingerprint density at radius 2 is 1.96 bits per heavy atom. The first-order valence-electron chi connectivity index (χ1n) is 8.17. The highest BCUT2D eigenvalue weighted by molar-refractivity contribution is 7.99. The molecule has 1 saturated carbocycles. The summed E-state index contributed by atoms with van der Waals surface area (Å²) in [6.07, 6.45) is 4.00. The monoisotopic (exact) mass is 337 g/mol. The van der Waals surface area contributed by atoms with E-state index < -0.39 is 5.60 Å². The van der Waals surface area contributed by atoms with E-state index >= 15 is 0 Å². The largest absolute Gasteiger partial charge is 0.443 e. The van der Waals surface area contributed by atoms with Gasteiger partial charge in [0.1, 0.15) is 5.60 Å². The molecule has 2 rings (SSSR count). The molecule has 1 N–H and O–H groups in total. The van der Waals surface area contributed by atoms with E-state index in [-0.39, 0.29) is 10.8 Å². The summed E-state index contributed by atoms with van der Waals surface area (Å²) < 4.78 is 14.0. The van der Waals surface area contributed by atoms with Gasteiger partial charge in [0.2, 0.25) is 0 Å². The topological polar surface area (TPSA) is 47.6 Å². The third kappa shape index (κ3) is 7.27. The van der Waals surface area contributed by atoms with Crippen LogP contribution in [0.1, 0.15) is 52.0 Å². The van der Waals surface area contributed by atoms with Gasteiger partial charge in [0.25, 0.3) is 0 Å². The van der Waals surface area contributed by atoms with Crippen LogP contribution >= 0.6 is 11.9 Å². The maximum absolute atomic E-state index is 11.7. The Morgan fingerprint density at radius 3 is 2.57 bits per heavy atom. The Labute approximate surface area is 143 Å². The van der Waals surface area contributed by atoms with E-state index in [4.69, 9.17) is 9.47 Å². The first kappa shape index (κ1) is 18.1. The third-order valence-corrected chi connectivity index (χ3v) is 4.90. The van der Waals surface area contributed by atoms with Gasteiger partial charge >= 0.3 is 6.09 Å². The van der Waals surface area contributed by atoms with E-state index in [2.05, 4.69) is 16.9 Å². The number of hydrogen-bond acceptors (Lipinski definition) is 4. The molecule has 0 aromatic heterocycles. The molecular formula is C18H27NO3S. The van der Waals surface area contributed by atoms with Crippen LogP contribution in [0.15, 0.2) is 30.3 Å². The maximum Gasteiger partial charge on any atom is 0.417 e. The van der Waals surface area contributed by atoms with E-state index in [0.717, 1.165) is 32.3 Å². The van der Waals surface area contributed by atoms with Crippen molar-refractivity contribution in [2.24, 2.45) is 0 Å². The number of nitrogens with one attached hydrogen (secondary N) is 1. The molecule has 0 radical (unpaired) electrons. The number of amides is 1. The van der Waals surface area contributed by atoms with Crippen LogP contribution in [-0.2, 0) is 16.1 Å². The predicted octanol–water partition coefficient (Wildman–Crippen LogP) is 4.69. The van der Waals surface area contributed by atoms with Gasteiger partial charge in [0.05, 0.1) is 6.61 Å². The molecule has 1 aromatic rings. The summed E-state index contributed by atoms with van der Waals surface area (Å²) in [7, 11) is 0. The molecular weight excluding hydrogens is 310 g/mol. The maximum atomic E-state index is 11.7. The average Bonchev–Trinajstić information content (AvgIpc) is 3.25. The molecule has 0 atom stereocenters. The van der Waals surface area contributed by atoms with E-state index in [0.29, 0.717) is 6.61 Å². The van der Waals surface area contributed by atoms with Crippen molar-refractivity contribution < 1.29 is 14.3 Å². The molecule has 1 aliphatic carbocycles. The van der Waals surface area contributed by atoms with Crippen LogP contribution in [-0.4, -0.2) is 23.0 Å². The summed E-state index contributed by atoms with van der Waals surface area (Å²) in [6.45, 7) is 7.03. The Balaban J connectivity index is 1.57. The van der Waals surface area contributed by atoms with Crippen LogP contribution in [0.25, 0.3) is 0 Å². The molecule has 4 nitrogen and oxygen atoms in total. The van der Waals surface area contributed by atoms with E-state index in [1.54, 1.807) is 0 Å². The molecule has 5 heteroatoms. The second-order valence-corrected chi connectivity index (χ2v) is 8.31. The summed E-state index contributed by atoms with van der Waals surface area (Å²) in [5.74, 6) is 0. The highest BCUT2D eigenvalue weighted by Gasteiger charge is 2.43. The van der Waals surface area contributed by atoms with Crippen molar-refractivity contribution in [2.75, 3.05) is 6.61 Å². The number of hydrogen-bond donors (Lipinski definition) is 1. The molecule has 1 aromatic carbocycles. The van der Waals surface area contributed by atoms with Crippen LogP contribution in [0.2, 0.25) is 0 Å². The van der Waals surface area contributed by atoms with Crippen molar-refractivity contribution in [1.29, 1.82) is 0 Å². The summed E-state index contributed by atoms with van der Waals surface area (Å²) >= 11 is 1.51. The number of benzene rings is 1. The quantitative estimate of drug-likeness (QED) is 0.552. The smallest absolute Gasteiger partial charge is 0.417 e. The zero-order valence-corrected chi connectivity index (χ0v) is 15.1. The summed E-state index contributed by atoms with van der Waals surface area (Å²) in [5.41, 5.74) is 0.752. The van der Waals surface area contributed by atoms with Gasteiger partial charge in [-0.25, -0.2) is 4.79 Å². The normalized spacial score (nSPS) is 16.0. The van der Waals surface area contributed by atoms with Gasteiger partial charge in [0.15, 0.2) is 0 Å². The standard InChI is InChI=1S/C18H27NO3S/c1-17(2,3)22-16(20)19-23-18(11-12-18)10-7-13-21-14-15-8-5-4-6-9-15/h4-6,8-9H,7,10-14H2,1-3H3,(H,19,20). The van der Waals surface area contributed by atoms with Crippen molar-refractivity contribution in [2.45, 2.75) is 63.4 Å². The number of carbonyl (C=O) groups excluding carboxylic acids is 1. The molecule has 0 bridgehead atoms. The number of carbonyl (C=O) groups is 1. The second kappa shape index (κ2) is 8.06. The Hall–Kier alpha value is -1.20. The molecule has 1 aliphatic rings. The predicted molar refractivity (Wildman–Crippen MR) is 94.3 cm³/mol. The van der Waals surface area contributed by atoms with Crippen molar-refractivity contribution in [3.8, 4) is 0 Å². The van der Waals surface area contributed by atoms with Gasteiger partial charge in [0, 0.05) is 11.4 Å². The van der Waals surface area contributed by atoms with Gasteiger partial charge in [-0.1, -0.05) is 30.3 Å². The molecule has 0 saturated heterocycles. The molecule has 0 unspecified atom stereocenters. The minimum Gasteiger partial charge on any atom is -0.443 e. The lowest BCUT2D eigenvalue weighted by Gasteiger charge is -2.21. The Kier molecular flexibility index (Phi) is 6.36. The lowest BCUT2D eigenvalue weighted by Crippen LogP contribution is -2.30. The minimum atomic E-state index is -0.452. The first-order chi connectivity index (χ1) is 10.9. The van der Waals surface area contributed by atoms with E-state index in [9.17, 15) is 4.79 Å². The van der Waals surface area contributed by atoms with Crippen LogP contribution in [0.5, 0.6) is 0 Å². The molecule has 0 aliphatic heterocycles. The molecule has 128 valence electrons. The van der Waals surface area contributed by atoms with E-state index in [1.165, 1.54) is 17.5 Å². The highest BCUT2D eigenvalue weighted by Crippen LogP contribution is 2.50. The first-order valence-corrected chi connectivity index (χ1v) is 8.99. The lowest BCUT2D eigenvalue weighted by molar-refractivity contribution is 0.0574. The van der Waals surface area contributed by atoms with Crippen molar-refractivity contribution in [3.63, 3.8) is 0 Å². The number of ether oxygens (including phenoxy) is 2. The summed E-state index contributed by atoms with van der Waals surface area (Å²) in [4.78, 5) is 11.7. The second-order valence-electron chi connectivity index (χ2n) is 7.03. The van der Waals surface area contributed by atoms with E-state index in [1.807, 2.05) is 39.0 Å². The van der Waals surface area contributed by atoms with Gasteiger partial charge in [-0.2, -0.15) is 0 Å². The third-order valence-electron chi connectivity index (χ3n) is 3.59. The van der Waals surface area contributed by atoms with Crippen LogP contribution in [0.3, 0.4) is 0 Å². The van der Waals surface area contributed by atoms with Crippen LogP contribution < -0.4 is 4.72 Å². The van der Waals surface area contributed by atoms with Gasteiger partial charge in [-0.15, -0.1) is 0 Å². The Bertz CT molecular complexity index is 495. The van der Waals surface area contributed by atoms with Gasteiger partial charge in [-0.05, 0) is 64.0 Å². The molecule has 23 heavy (non-hydrogen) atoms. The number of rotatable bonds is 8.